The fraction of sp³-hybridized carbons (Fsp3) is 0.412. The predicted molar refractivity (Wildman–Crippen MR) is 95.9 cm³/mol. The maximum atomic E-state index is 13.3. The second-order valence-electron chi connectivity index (χ2n) is 6.49. The minimum absolute atomic E-state index is 0.0248. The third-order valence-electron chi connectivity index (χ3n) is 4.63. The molecule has 0 aliphatic carbocycles. The number of rotatable bonds is 5. The quantitative estimate of drug-likeness (QED) is 0.730. The maximum Gasteiger partial charge on any atom is 0.243 e. The Hall–Kier alpha value is -2.04. The zero-order valence-electron chi connectivity index (χ0n) is 14.4. The lowest BCUT2D eigenvalue weighted by Gasteiger charge is -2.27. The summed E-state index contributed by atoms with van der Waals surface area (Å²) in [7, 11) is -7.23. The van der Waals surface area contributed by atoms with Crippen LogP contribution in [0.5, 0.6) is 11.5 Å². The number of ether oxygens (including phenoxy) is 2. The fourth-order valence-electron chi connectivity index (χ4n) is 3.29. The molecule has 0 spiro atoms. The van der Waals surface area contributed by atoms with Gasteiger partial charge in [-0.25, -0.2) is 16.8 Å². The van der Waals surface area contributed by atoms with E-state index in [9.17, 15) is 16.8 Å². The van der Waals surface area contributed by atoms with Gasteiger partial charge in [-0.3, -0.25) is 0 Å². The van der Waals surface area contributed by atoms with E-state index in [-0.39, 0.29) is 29.4 Å². The van der Waals surface area contributed by atoms with Crippen molar-refractivity contribution in [2.45, 2.75) is 23.9 Å². The molecular formula is C17H19NO7S2. The number of furan rings is 1. The van der Waals surface area contributed by atoms with Gasteiger partial charge in [0.25, 0.3) is 0 Å². The van der Waals surface area contributed by atoms with Gasteiger partial charge in [-0.05, 0) is 30.7 Å². The van der Waals surface area contributed by atoms with Crippen LogP contribution in [0.25, 0.3) is 0 Å². The summed E-state index contributed by atoms with van der Waals surface area (Å²) in [4.78, 5) is 0.0302. The monoisotopic (exact) mass is 413 g/mol. The Kier molecular flexibility index (Phi) is 4.65. The van der Waals surface area contributed by atoms with Crippen LogP contribution in [0.3, 0.4) is 0 Å². The minimum atomic E-state index is -3.97. The summed E-state index contributed by atoms with van der Waals surface area (Å²) in [5.41, 5.74) is 0. The molecule has 1 saturated heterocycles. The Morgan fingerprint density at radius 3 is 2.56 bits per heavy atom. The number of hydrogen-bond donors (Lipinski definition) is 0. The lowest BCUT2D eigenvalue weighted by Crippen LogP contribution is -2.40. The SMILES string of the molecule is O=S1(=O)CC[C@H](N(Cc2ccco2)S(=O)(=O)c2ccc3c(c2)OCCO3)C1. The van der Waals surface area contributed by atoms with Crippen molar-refractivity contribution >= 4 is 19.9 Å². The van der Waals surface area contributed by atoms with Gasteiger partial charge in [-0.1, -0.05) is 0 Å². The van der Waals surface area contributed by atoms with E-state index in [4.69, 9.17) is 13.9 Å². The number of hydrogen-bond acceptors (Lipinski definition) is 7. The molecule has 4 rings (SSSR count). The van der Waals surface area contributed by atoms with Crippen molar-refractivity contribution in [3.8, 4) is 11.5 Å². The minimum Gasteiger partial charge on any atom is -0.486 e. The molecule has 0 saturated carbocycles. The summed E-state index contributed by atoms with van der Waals surface area (Å²) in [6.45, 7) is 0.709. The van der Waals surface area contributed by atoms with Crippen LogP contribution in [-0.2, 0) is 26.4 Å². The van der Waals surface area contributed by atoms with Crippen molar-refractivity contribution in [1.29, 1.82) is 0 Å². The number of nitrogens with zero attached hydrogens (tertiary/aromatic N) is 1. The average Bonchev–Trinajstić information content (AvgIpc) is 3.28. The van der Waals surface area contributed by atoms with Crippen molar-refractivity contribution in [2.75, 3.05) is 24.7 Å². The molecule has 2 aliphatic rings. The first kappa shape index (κ1) is 18.3. The van der Waals surface area contributed by atoms with E-state index in [1.165, 1.54) is 22.7 Å². The first-order valence-corrected chi connectivity index (χ1v) is 11.8. The topological polar surface area (TPSA) is 103 Å². The molecule has 1 aromatic carbocycles. The third kappa shape index (κ3) is 3.69. The lowest BCUT2D eigenvalue weighted by atomic mass is 10.2. The summed E-state index contributed by atoms with van der Waals surface area (Å²) >= 11 is 0. The molecule has 2 aliphatic heterocycles. The summed E-state index contributed by atoms with van der Waals surface area (Å²) < 4.78 is 67.9. The molecule has 146 valence electrons. The summed E-state index contributed by atoms with van der Waals surface area (Å²) in [5, 5.41) is 0. The summed E-state index contributed by atoms with van der Waals surface area (Å²) in [6.07, 6.45) is 1.71. The Labute approximate surface area is 157 Å². The molecule has 0 radical (unpaired) electrons. The highest BCUT2D eigenvalue weighted by atomic mass is 32.2. The van der Waals surface area contributed by atoms with E-state index in [1.54, 1.807) is 18.2 Å². The van der Waals surface area contributed by atoms with Gasteiger partial charge in [-0.2, -0.15) is 4.31 Å². The number of benzene rings is 1. The first-order valence-electron chi connectivity index (χ1n) is 8.49. The Morgan fingerprint density at radius 2 is 1.89 bits per heavy atom. The molecule has 0 amide bonds. The van der Waals surface area contributed by atoms with Crippen molar-refractivity contribution in [1.82, 2.24) is 4.31 Å². The van der Waals surface area contributed by atoms with E-state index in [0.717, 1.165) is 0 Å². The van der Waals surface area contributed by atoms with Gasteiger partial charge in [0.2, 0.25) is 10.0 Å². The molecular weight excluding hydrogens is 394 g/mol. The molecule has 10 heteroatoms. The van der Waals surface area contributed by atoms with E-state index in [2.05, 4.69) is 0 Å². The van der Waals surface area contributed by atoms with Gasteiger partial charge < -0.3 is 13.9 Å². The van der Waals surface area contributed by atoms with Crippen molar-refractivity contribution in [3.05, 3.63) is 42.4 Å². The number of sulfonamides is 1. The van der Waals surface area contributed by atoms with Crippen molar-refractivity contribution in [2.24, 2.45) is 0 Å². The van der Waals surface area contributed by atoms with Crippen molar-refractivity contribution < 1.29 is 30.7 Å². The van der Waals surface area contributed by atoms with E-state index < -0.39 is 25.9 Å². The van der Waals surface area contributed by atoms with Crippen LogP contribution < -0.4 is 9.47 Å². The second kappa shape index (κ2) is 6.84. The predicted octanol–water partition coefficient (Wildman–Crippen LogP) is 1.43. The third-order valence-corrected chi connectivity index (χ3v) is 8.27. The number of sulfone groups is 1. The van der Waals surface area contributed by atoms with Crippen LogP contribution in [0, 0.1) is 0 Å². The number of fused-ring (bicyclic) bond motifs is 1. The highest BCUT2D eigenvalue weighted by Gasteiger charge is 2.39. The fourth-order valence-corrected chi connectivity index (χ4v) is 6.75. The zero-order chi connectivity index (χ0) is 19.1. The molecule has 3 heterocycles. The summed E-state index contributed by atoms with van der Waals surface area (Å²) in [5.74, 6) is 1.07. The Morgan fingerprint density at radius 1 is 1.11 bits per heavy atom. The van der Waals surface area contributed by atoms with Crippen LogP contribution in [0.4, 0.5) is 0 Å². The maximum absolute atomic E-state index is 13.3. The molecule has 1 aromatic heterocycles. The summed E-state index contributed by atoms with van der Waals surface area (Å²) in [6, 6.07) is 7.10. The van der Waals surface area contributed by atoms with Crippen LogP contribution in [0.15, 0.2) is 45.9 Å². The van der Waals surface area contributed by atoms with Crippen molar-refractivity contribution in [3.63, 3.8) is 0 Å². The van der Waals surface area contributed by atoms with E-state index in [0.29, 0.717) is 30.5 Å². The largest absolute Gasteiger partial charge is 0.486 e. The smallest absolute Gasteiger partial charge is 0.243 e. The molecule has 8 nitrogen and oxygen atoms in total. The highest BCUT2D eigenvalue weighted by Crippen LogP contribution is 2.35. The molecule has 1 atom stereocenters. The average molecular weight is 413 g/mol. The van der Waals surface area contributed by atoms with E-state index in [1.807, 2.05) is 0 Å². The van der Waals surface area contributed by atoms with E-state index >= 15 is 0 Å². The molecule has 2 aromatic rings. The van der Waals surface area contributed by atoms with Gasteiger partial charge in [-0.15, -0.1) is 0 Å². The second-order valence-corrected chi connectivity index (χ2v) is 10.6. The highest BCUT2D eigenvalue weighted by molar-refractivity contribution is 7.92. The lowest BCUT2D eigenvalue weighted by molar-refractivity contribution is 0.171. The van der Waals surface area contributed by atoms with Gasteiger partial charge in [0.1, 0.15) is 19.0 Å². The molecule has 0 bridgehead atoms. The van der Waals surface area contributed by atoms with Gasteiger partial charge in [0.05, 0.1) is 29.2 Å². The zero-order valence-corrected chi connectivity index (χ0v) is 16.0. The van der Waals surface area contributed by atoms with Crippen LogP contribution in [0.2, 0.25) is 0 Å². The molecule has 27 heavy (non-hydrogen) atoms. The Balaban J connectivity index is 1.71. The van der Waals surface area contributed by atoms with Gasteiger partial charge >= 0.3 is 0 Å². The van der Waals surface area contributed by atoms with Gasteiger partial charge in [0.15, 0.2) is 21.3 Å². The molecule has 0 N–H and O–H groups in total. The van der Waals surface area contributed by atoms with Crippen LogP contribution in [-0.4, -0.2) is 51.9 Å². The Bertz CT molecular complexity index is 1030. The first-order chi connectivity index (χ1) is 12.9. The van der Waals surface area contributed by atoms with Crippen LogP contribution >= 0.6 is 0 Å². The molecule has 1 fully saturated rings. The standard InChI is InChI=1S/C17H19NO7S2/c19-26(20)9-5-13(12-26)18(11-14-2-1-6-23-14)27(21,22)15-3-4-16-17(10-15)25-8-7-24-16/h1-4,6,10,13H,5,7-9,11-12H2/t13-/m0/s1. The van der Waals surface area contributed by atoms with Gasteiger partial charge in [0, 0.05) is 12.1 Å². The molecule has 0 unspecified atom stereocenters. The normalized spacial score (nSPS) is 21.4. The van der Waals surface area contributed by atoms with Crippen LogP contribution in [0.1, 0.15) is 12.2 Å².